The zero-order valence-corrected chi connectivity index (χ0v) is 10.6. The van der Waals surface area contributed by atoms with E-state index in [1.807, 2.05) is 0 Å². The predicted octanol–water partition coefficient (Wildman–Crippen LogP) is 2.54. The SMILES string of the molecule is O=C(O)C=CC(=O)Nc1ccc2[nH]c(=S)sc2c1. The highest BCUT2D eigenvalue weighted by Gasteiger charge is 2.02. The monoisotopic (exact) mass is 280 g/mol. The third-order valence-corrected chi connectivity index (χ3v) is 3.26. The Labute approximate surface area is 111 Å². The number of fused-ring (bicyclic) bond motifs is 1. The van der Waals surface area contributed by atoms with Gasteiger partial charge in [-0.25, -0.2) is 4.79 Å². The van der Waals surface area contributed by atoms with Gasteiger partial charge in [0, 0.05) is 17.8 Å². The molecule has 1 aromatic heterocycles. The minimum atomic E-state index is -1.16. The van der Waals surface area contributed by atoms with Gasteiger partial charge in [0.15, 0.2) is 3.95 Å². The lowest BCUT2D eigenvalue weighted by molar-refractivity contribution is -0.131. The van der Waals surface area contributed by atoms with Crippen LogP contribution in [0.15, 0.2) is 30.4 Å². The van der Waals surface area contributed by atoms with E-state index in [0.717, 1.165) is 22.4 Å². The molecular formula is C11H8N2O3S2. The maximum atomic E-state index is 11.4. The number of H-pyrrole nitrogens is 1. The van der Waals surface area contributed by atoms with Gasteiger partial charge in [-0.1, -0.05) is 0 Å². The molecule has 1 aromatic carbocycles. The Morgan fingerprint density at radius 2 is 2.17 bits per heavy atom. The Balaban J connectivity index is 2.19. The summed E-state index contributed by atoms with van der Waals surface area (Å²) in [5.41, 5.74) is 1.50. The maximum absolute atomic E-state index is 11.4. The lowest BCUT2D eigenvalue weighted by Crippen LogP contribution is -2.08. The fourth-order valence-corrected chi connectivity index (χ4v) is 2.51. The molecule has 1 heterocycles. The molecule has 0 spiro atoms. The van der Waals surface area contributed by atoms with Gasteiger partial charge in [-0.15, -0.1) is 11.3 Å². The first-order chi connectivity index (χ1) is 8.54. The number of aromatic amines is 1. The number of benzene rings is 1. The van der Waals surface area contributed by atoms with E-state index < -0.39 is 11.9 Å². The van der Waals surface area contributed by atoms with Crippen LogP contribution in [-0.2, 0) is 9.59 Å². The molecule has 0 aliphatic carbocycles. The van der Waals surface area contributed by atoms with Gasteiger partial charge < -0.3 is 15.4 Å². The molecule has 0 atom stereocenters. The zero-order valence-electron chi connectivity index (χ0n) is 8.97. The first-order valence-corrected chi connectivity index (χ1v) is 6.12. The smallest absolute Gasteiger partial charge is 0.328 e. The molecule has 1 amide bonds. The highest BCUT2D eigenvalue weighted by molar-refractivity contribution is 7.73. The van der Waals surface area contributed by atoms with Gasteiger partial charge in [-0.3, -0.25) is 4.79 Å². The van der Waals surface area contributed by atoms with Crippen LogP contribution in [0, 0.1) is 3.95 Å². The van der Waals surface area contributed by atoms with Crippen molar-refractivity contribution < 1.29 is 14.7 Å². The third-order valence-electron chi connectivity index (χ3n) is 2.07. The van der Waals surface area contributed by atoms with Crippen molar-refractivity contribution in [3.8, 4) is 0 Å². The zero-order chi connectivity index (χ0) is 13.1. The van der Waals surface area contributed by atoms with Crippen molar-refractivity contribution >= 4 is 51.3 Å². The van der Waals surface area contributed by atoms with Crippen molar-refractivity contribution in [3.05, 3.63) is 34.3 Å². The van der Waals surface area contributed by atoms with Gasteiger partial charge in [0.1, 0.15) is 0 Å². The van der Waals surface area contributed by atoms with E-state index in [1.54, 1.807) is 18.2 Å². The topological polar surface area (TPSA) is 82.2 Å². The molecule has 3 N–H and O–H groups in total. The molecule has 92 valence electrons. The summed E-state index contributed by atoms with van der Waals surface area (Å²) in [6, 6.07) is 5.30. The van der Waals surface area contributed by atoms with E-state index in [4.69, 9.17) is 17.3 Å². The number of rotatable bonds is 3. The Hall–Kier alpha value is -1.99. The molecule has 5 nitrogen and oxygen atoms in total. The molecule has 0 bridgehead atoms. The third kappa shape index (κ3) is 3.02. The van der Waals surface area contributed by atoms with E-state index >= 15 is 0 Å². The van der Waals surface area contributed by atoms with Crippen LogP contribution in [0.3, 0.4) is 0 Å². The van der Waals surface area contributed by atoms with Crippen LogP contribution in [0.4, 0.5) is 5.69 Å². The summed E-state index contributed by atoms with van der Waals surface area (Å²) in [5, 5.41) is 11.0. The van der Waals surface area contributed by atoms with Crippen molar-refractivity contribution in [1.82, 2.24) is 4.98 Å². The van der Waals surface area contributed by atoms with E-state index in [-0.39, 0.29) is 0 Å². The van der Waals surface area contributed by atoms with E-state index in [0.29, 0.717) is 9.64 Å². The van der Waals surface area contributed by atoms with Crippen LogP contribution in [0.1, 0.15) is 0 Å². The molecule has 0 unspecified atom stereocenters. The largest absolute Gasteiger partial charge is 0.478 e. The summed E-state index contributed by atoms with van der Waals surface area (Å²) in [4.78, 5) is 24.6. The van der Waals surface area contributed by atoms with Gasteiger partial charge in [0.2, 0.25) is 5.91 Å². The van der Waals surface area contributed by atoms with Crippen molar-refractivity contribution in [2.45, 2.75) is 0 Å². The van der Waals surface area contributed by atoms with Crippen molar-refractivity contribution in [3.63, 3.8) is 0 Å². The molecule has 18 heavy (non-hydrogen) atoms. The fraction of sp³-hybridized carbons (Fsp3) is 0. The lowest BCUT2D eigenvalue weighted by Gasteiger charge is -2.01. The maximum Gasteiger partial charge on any atom is 0.328 e. The van der Waals surface area contributed by atoms with Gasteiger partial charge in [-0.2, -0.15) is 0 Å². The predicted molar refractivity (Wildman–Crippen MR) is 72.4 cm³/mol. The van der Waals surface area contributed by atoms with Crippen LogP contribution in [0.25, 0.3) is 10.2 Å². The summed E-state index contributed by atoms with van der Waals surface area (Å²) < 4.78 is 1.60. The average Bonchev–Trinajstić information content (AvgIpc) is 2.66. The second kappa shape index (κ2) is 5.11. The minimum absolute atomic E-state index is 0.490. The Morgan fingerprint density at radius 3 is 2.89 bits per heavy atom. The highest BCUT2D eigenvalue weighted by Crippen LogP contribution is 2.23. The number of thiazole rings is 1. The number of carboxylic acid groups (broad SMARTS) is 1. The van der Waals surface area contributed by atoms with E-state index in [1.165, 1.54) is 11.3 Å². The molecule has 0 saturated heterocycles. The fourth-order valence-electron chi connectivity index (χ4n) is 1.35. The normalized spacial score (nSPS) is 10.9. The van der Waals surface area contributed by atoms with Gasteiger partial charge in [-0.05, 0) is 30.4 Å². The van der Waals surface area contributed by atoms with Gasteiger partial charge in [0.25, 0.3) is 0 Å². The lowest BCUT2D eigenvalue weighted by atomic mass is 10.3. The Bertz CT molecular complexity index is 700. The van der Waals surface area contributed by atoms with Crippen molar-refractivity contribution in [2.24, 2.45) is 0 Å². The number of nitrogens with one attached hydrogen (secondary N) is 2. The summed E-state index contributed by atoms with van der Waals surface area (Å²) in [7, 11) is 0. The number of aromatic nitrogens is 1. The average molecular weight is 280 g/mol. The number of hydrogen-bond donors (Lipinski definition) is 3. The van der Waals surface area contributed by atoms with Crippen LogP contribution in [-0.4, -0.2) is 22.0 Å². The highest BCUT2D eigenvalue weighted by atomic mass is 32.1. The molecule has 0 fully saturated rings. The molecule has 0 aliphatic rings. The summed E-state index contributed by atoms with van der Waals surface area (Å²) >= 11 is 6.42. The molecule has 0 saturated carbocycles. The van der Waals surface area contributed by atoms with Gasteiger partial charge >= 0.3 is 5.97 Å². The number of carbonyl (C=O) groups is 2. The number of hydrogen-bond acceptors (Lipinski definition) is 4. The Kier molecular flexibility index (Phi) is 3.54. The number of amides is 1. The van der Waals surface area contributed by atoms with Crippen molar-refractivity contribution in [1.29, 1.82) is 0 Å². The summed E-state index contributed by atoms with van der Waals surface area (Å²) in [6.07, 6.45) is 1.75. The molecular weight excluding hydrogens is 272 g/mol. The summed E-state index contributed by atoms with van der Waals surface area (Å²) in [6.45, 7) is 0. The quantitative estimate of drug-likeness (QED) is 0.596. The molecule has 7 heteroatoms. The van der Waals surface area contributed by atoms with Crippen molar-refractivity contribution in [2.75, 3.05) is 5.32 Å². The number of carboxylic acids is 1. The van der Waals surface area contributed by atoms with Crippen LogP contribution < -0.4 is 5.32 Å². The second-order valence-electron chi connectivity index (χ2n) is 3.39. The molecule has 2 rings (SSSR count). The first kappa shape index (κ1) is 12.5. The number of anilines is 1. The van der Waals surface area contributed by atoms with Crippen LogP contribution in [0.5, 0.6) is 0 Å². The standard InChI is InChI=1S/C11H8N2O3S2/c14-9(3-4-10(15)16)12-6-1-2-7-8(5-6)18-11(17)13-7/h1-5H,(H,12,14)(H,13,17)(H,15,16). The second-order valence-corrected chi connectivity index (χ2v) is 5.11. The number of carbonyl (C=O) groups excluding carboxylic acids is 1. The van der Waals surface area contributed by atoms with E-state index in [9.17, 15) is 9.59 Å². The minimum Gasteiger partial charge on any atom is -0.478 e. The molecule has 0 aliphatic heterocycles. The Morgan fingerprint density at radius 1 is 1.39 bits per heavy atom. The van der Waals surface area contributed by atoms with Crippen LogP contribution in [0.2, 0.25) is 0 Å². The first-order valence-electron chi connectivity index (χ1n) is 4.89. The molecule has 2 aromatic rings. The van der Waals surface area contributed by atoms with Gasteiger partial charge in [0.05, 0.1) is 10.2 Å². The van der Waals surface area contributed by atoms with Crippen LogP contribution >= 0.6 is 23.6 Å². The molecule has 0 radical (unpaired) electrons. The number of aliphatic carboxylic acids is 1. The van der Waals surface area contributed by atoms with E-state index in [2.05, 4.69) is 10.3 Å². The summed E-state index contributed by atoms with van der Waals surface area (Å²) in [5.74, 6) is -1.65.